The zero-order chi connectivity index (χ0) is 12.7. The third-order valence-corrected chi connectivity index (χ3v) is 5.53. The Kier molecular flexibility index (Phi) is 3.18. The predicted octanol–water partition coefficient (Wildman–Crippen LogP) is 4.05. The monoisotopic (exact) mass is 307 g/mol. The number of hydrogen-bond acceptors (Lipinski definition) is 1. The first-order valence-electron chi connectivity index (χ1n) is 6.72. The molecule has 18 heavy (non-hydrogen) atoms. The van der Waals surface area contributed by atoms with E-state index in [1.165, 1.54) is 24.0 Å². The molecule has 96 valence electrons. The van der Waals surface area contributed by atoms with Gasteiger partial charge in [0.15, 0.2) is 0 Å². The van der Waals surface area contributed by atoms with Gasteiger partial charge in [0, 0.05) is 16.9 Å². The van der Waals surface area contributed by atoms with Gasteiger partial charge in [0.25, 0.3) is 0 Å². The van der Waals surface area contributed by atoms with Crippen molar-refractivity contribution in [2.45, 2.75) is 37.4 Å². The van der Waals surface area contributed by atoms with Crippen molar-refractivity contribution in [1.29, 1.82) is 0 Å². The molecule has 0 aromatic heterocycles. The number of benzene rings is 1. The van der Waals surface area contributed by atoms with Gasteiger partial charge in [-0.2, -0.15) is 0 Å². The minimum absolute atomic E-state index is 0.136. The van der Waals surface area contributed by atoms with Crippen molar-refractivity contribution in [2.24, 2.45) is 11.8 Å². The van der Waals surface area contributed by atoms with E-state index in [2.05, 4.69) is 46.4 Å². The lowest BCUT2D eigenvalue weighted by Gasteiger charge is -2.22. The second-order valence-electron chi connectivity index (χ2n) is 5.56. The lowest BCUT2D eigenvalue weighted by atomic mass is 9.93. The number of hydrogen-bond donors (Lipinski definition) is 1. The van der Waals surface area contributed by atoms with Gasteiger partial charge in [0.1, 0.15) is 0 Å². The van der Waals surface area contributed by atoms with Crippen LogP contribution in [-0.2, 0) is 11.2 Å². The largest absolute Gasteiger partial charge is 0.326 e. The summed E-state index contributed by atoms with van der Waals surface area (Å²) < 4.78 is 0. The first-order valence-corrected chi connectivity index (χ1v) is 7.63. The molecular weight excluding hydrogens is 290 g/mol. The zero-order valence-corrected chi connectivity index (χ0v) is 12.2. The lowest BCUT2D eigenvalue weighted by molar-refractivity contribution is -0.116. The third kappa shape index (κ3) is 2.33. The Morgan fingerprint density at radius 3 is 2.83 bits per heavy atom. The molecule has 1 aliphatic carbocycles. The number of carbonyl (C=O) groups excluding carboxylic acids is 1. The summed E-state index contributed by atoms with van der Waals surface area (Å²) in [6.45, 7) is 2.33. The van der Waals surface area contributed by atoms with E-state index in [9.17, 15) is 4.79 Å². The Morgan fingerprint density at radius 1 is 1.33 bits per heavy atom. The zero-order valence-electron chi connectivity index (χ0n) is 10.6. The van der Waals surface area contributed by atoms with E-state index in [4.69, 9.17) is 0 Å². The van der Waals surface area contributed by atoms with Crippen LogP contribution >= 0.6 is 15.9 Å². The Labute approximate surface area is 116 Å². The second-order valence-corrected chi connectivity index (χ2v) is 6.55. The Hall–Kier alpha value is -0.830. The highest BCUT2D eigenvalue weighted by atomic mass is 79.9. The van der Waals surface area contributed by atoms with Crippen molar-refractivity contribution in [3.8, 4) is 0 Å². The first-order chi connectivity index (χ1) is 8.65. The predicted molar refractivity (Wildman–Crippen MR) is 76.9 cm³/mol. The summed E-state index contributed by atoms with van der Waals surface area (Å²) in [5.74, 6) is 1.73. The molecule has 2 nitrogen and oxygen atoms in total. The molecule has 1 N–H and O–H groups in total. The molecule has 1 amide bonds. The fourth-order valence-electron chi connectivity index (χ4n) is 2.74. The highest BCUT2D eigenvalue weighted by molar-refractivity contribution is 9.09. The molecule has 0 saturated heterocycles. The van der Waals surface area contributed by atoms with Crippen molar-refractivity contribution in [3.63, 3.8) is 0 Å². The molecule has 0 spiro atoms. The van der Waals surface area contributed by atoms with E-state index in [1.807, 2.05) is 0 Å². The lowest BCUT2D eigenvalue weighted by Crippen LogP contribution is -2.19. The van der Waals surface area contributed by atoms with Crippen molar-refractivity contribution >= 4 is 27.5 Å². The summed E-state index contributed by atoms with van der Waals surface area (Å²) in [6.07, 6.45) is 4.24. The fourth-order valence-corrected chi connectivity index (χ4v) is 3.46. The molecule has 1 aromatic carbocycles. The number of rotatable bonds is 3. The third-order valence-electron chi connectivity index (χ3n) is 4.17. The minimum Gasteiger partial charge on any atom is -0.326 e. The van der Waals surface area contributed by atoms with E-state index in [0.717, 1.165) is 18.0 Å². The summed E-state index contributed by atoms with van der Waals surface area (Å²) >= 11 is 3.84. The van der Waals surface area contributed by atoms with Gasteiger partial charge in [0.2, 0.25) is 5.91 Å². The van der Waals surface area contributed by atoms with E-state index in [1.54, 1.807) is 0 Å². The van der Waals surface area contributed by atoms with E-state index in [-0.39, 0.29) is 5.91 Å². The Morgan fingerprint density at radius 2 is 2.11 bits per heavy atom. The van der Waals surface area contributed by atoms with Crippen LogP contribution in [0, 0.1) is 11.8 Å². The first kappa shape index (κ1) is 12.2. The summed E-state index contributed by atoms with van der Waals surface area (Å²) in [7, 11) is 0. The smallest absolute Gasteiger partial charge is 0.224 e. The van der Waals surface area contributed by atoms with Gasteiger partial charge < -0.3 is 5.32 Å². The Balaban J connectivity index is 1.83. The number of fused-ring (bicyclic) bond motifs is 1. The van der Waals surface area contributed by atoms with Crippen molar-refractivity contribution in [3.05, 3.63) is 29.3 Å². The van der Waals surface area contributed by atoms with Crippen LogP contribution < -0.4 is 5.32 Å². The van der Waals surface area contributed by atoms with Crippen LogP contribution in [0.3, 0.4) is 0 Å². The van der Waals surface area contributed by atoms with Crippen LogP contribution in [0.1, 0.15) is 42.1 Å². The topological polar surface area (TPSA) is 29.1 Å². The van der Waals surface area contributed by atoms with Crippen LogP contribution in [0.25, 0.3) is 0 Å². The van der Waals surface area contributed by atoms with Crippen LogP contribution in [0.15, 0.2) is 18.2 Å². The van der Waals surface area contributed by atoms with Crippen molar-refractivity contribution in [1.82, 2.24) is 0 Å². The fraction of sp³-hybridized carbons (Fsp3) is 0.533. The quantitative estimate of drug-likeness (QED) is 0.839. The van der Waals surface area contributed by atoms with Crippen molar-refractivity contribution in [2.75, 3.05) is 5.32 Å². The number of aryl methyl sites for hydroxylation is 1. The van der Waals surface area contributed by atoms with Gasteiger partial charge in [-0.1, -0.05) is 35.0 Å². The molecule has 0 bridgehead atoms. The molecule has 2 atom stereocenters. The maximum absolute atomic E-state index is 11.3. The molecule has 2 unspecified atom stereocenters. The molecular formula is C15H18BrNO. The van der Waals surface area contributed by atoms with Crippen LogP contribution in [0.5, 0.6) is 0 Å². The minimum atomic E-state index is 0.136. The molecule has 1 fully saturated rings. The van der Waals surface area contributed by atoms with E-state index < -0.39 is 0 Å². The van der Waals surface area contributed by atoms with Gasteiger partial charge in [-0.05, 0) is 48.3 Å². The van der Waals surface area contributed by atoms with Gasteiger partial charge in [-0.15, -0.1) is 0 Å². The number of carbonyl (C=O) groups is 1. The maximum atomic E-state index is 11.3. The molecule has 3 rings (SSSR count). The molecule has 0 radical (unpaired) electrons. The SMILES string of the molecule is CC(C1CC1)C(Br)c1ccc2c(c1)CCC(=O)N2. The summed E-state index contributed by atoms with van der Waals surface area (Å²) in [6, 6.07) is 6.45. The summed E-state index contributed by atoms with van der Waals surface area (Å²) in [5.41, 5.74) is 3.62. The average molecular weight is 308 g/mol. The molecule has 1 heterocycles. The number of anilines is 1. The van der Waals surface area contributed by atoms with Crippen LogP contribution in [0.4, 0.5) is 5.69 Å². The van der Waals surface area contributed by atoms with Gasteiger partial charge in [0.05, 0.1) is 0 Å². The van der Waals surface area contributed by atoms with E-state index >= 15 is 0 Å². The Bertz CT molecular complexity index is 481. The normalized spacial score (nSPS) is 22.0. The number of nitrogens with one attached hydrogen (secondary N) is 1. The van der Waals surface area contributed by atoms with Gasteiger partial charge >= 0.3 is 0 Å². The molecule has 1 saturated carbocycles. The summed E-state index contributed by atoms with van der Waals surface area (Å²) in [4.78, 5) is 11.8. The molecule has 3 heteroatoms. The number of alkyl halides is 1. The van der Waals surface area contributed by atoms with Gasteiger partial charge in [-0.3, -0.25) is 4.79 Å². The van der Waals surface area contributed by atoms with Gasteiger partial charge in [-0.25, -0.2) is 0 Å². The van der Waals surface area contributed by atoms with Crippen LogP contribution in [-0.4, -0.2) is 5.91 Å². The van der Waals surface area contributed by atoms with Crippen molar-refractivity contribution < 1.29 is 4.79 Å². The molecule has 1 aromatic rings. The number of amides is 1. The van der Waals surface area contributed by atoms with E-state index in [0.29, 0.717) is 17.2 Å². The summed E-state index contributed by atoms with van der Waals surface area (Å²) in [5, 5.41) is 2.94. The van der Waals surface area contributed by atoms with Crippen LogP contribution in [0.2, 0.25) is 0 Å². The standard InChI is InChI=1S/C15H18BrNO/c1-9(10-2-3-10)15(16)12-4-6-13-11(8-12)5-7-14(18)17-13/h4,6,8-10,15H,2-3,5,7H2,1H3,(H,17,18). The highest BCUT2D eigenvalue weighted by Crippen LogP contribution is 2.46. The maximum Gasteiger partial charge on any atom is 0.224 e. The average Bonchev–Trinajstić information content (AvgIpc) is 3.20. The number of halogens is 1. The second kappa shape index (κ2) is 4.69. The molecule has 2 aliphatic rings. The molecule has 1 aliphatic heterocycles. The highest BCUT2D eigenvalue weighted by Gasteiger charge is 2.33.